The predicted molar refractivity (Wildman–Crippen MR) is 74.5 cm³/mol. The molecule has 0 bridgehead atoms. The molecule has 0 spiro atoms. The Hall–Kier alpha value is -0.730. The van der Waals surface area contributed by atoms with Gasteiger partial charge in [0.1, 0.15) is 0 Å². The van der Waals surface area contributed by atoms with Crippen molar-refractivity contribution in [3.05, 3.63) is 0 Å². The topological polar surface area (TPSA) is 72.8 Å². The summed E-state index contributed by atoms with van der Waals surface area (Å²) in [6, 6.07) is 0. The fourth-order valence-corrected chi connectivity index (χ4v) is 2.71. The van der Waals surface area contributed by atoms with Crippen LogP contribution in [0.4, 0.5) is 35.1 Å². The summed E-state index contributed by atoms with van der Waals surface area (Å²) >= 11 is 0. The highest BCUT2D eigenvalue weighted by atomic mass is 32.2. The Labute approximate surface area is 149 Å². The fourth-order valence-electron chi connectivity index (χ4n) is 2.37. The Kier molecular flexibility index (Phi) is 7.50. The van der Waals surface area contributed by atoms with Gasteiger partial charge in [-0.05, 0) is 19.3 Å². The predicted octanol–water partition coefficient (Wildman–Crippen LogP) is 4.43. The van der Waals surface area contributed by atoms with Gasteiger partial charge in [0, 0.05) is 13.0 Å². The second-order valence-corrected chi connectivity index (χ2v) is 7.53. The molecule has 27 heavy (non-hydrogen) atoms. The van der Waals surface area contributed by atoms with Gasteiger partial charge in [-0.3, -0.25) is 4.55 Å². The van der Waals surface area contributed by atoms with Gasteiger partial charge >= 0.3 is 33.5 Å². The summed E-state index contributed by atoms with van der Waals surface area (Å²) in [5.74, 6) is -5.33. The number of halogens is 8. The average molecular weight is 438 g/mol. The SMILES string of the molecule is O=S(=O)(O)C(F)(F)C(F)(F)OC(F)(F)C(F)(F)CCCOC1CCCCC1. The van der Waals surface area contributed by atoms with Crippen LogP contribution in [0.2, 0.25) is 0 Å². The van der Waals surface area contributed by atoms with Crippen LogP contribution in [-0.2, 0) is 19.6 Å². The maximum Gasteiger partial charge on any atom is 0.460 e. The molecule has 1 N–H and O–H groups in total. The van der Waals surface area contributed by atoms with Gasteiger partial charge in [-0.2, -0.15) is 43.5 Å². The van der Waals surface area contributed by atoms with E-state index in [1.807, 2.05) is 0 Å². The molecule has 0 amide bonds. The van der Waals surface area contributed by atoms with Crippen LogP contribution in [0, 0.1) is 0 Å². The Morgan fingerprint density at radius 3 is 1.89 bits per heavy atom. The molecule has 1 fully saturated rings. The summed E-state index contributed by atoms with van der Waals surface area (Å²) in [6.07, 6.45) is -11.5. The van der Waals surface area contributed by atoms with Crippen molar-refractivity contribution in [1.82, 2.24) is 0 Å². The number of rotatable bonds is 10. The lowest BCUT2D eigenvalue weighted by Gasteiger charge is -2.31. The third-order valence-corrected chi connectivity index (χ3v) is 4.77. The van der Waals surface area contributed by atoms with E-state index in [0.29, 0.717) is 12.8 Å². The second-order valence-electron chi connectivity index (χ2n) is 6.07. The van der Waals surface area contributed by atoms with E-state index >= 15 is 0 Å². The molecule has 1 aliphatic rings. The van der Waals surface area contributed by atoms with Crippen molar-refractivity contribution >= 4 is 10.1 Å². The molecular formula is C13H18F8O5S. The largest absolute Gasteiger partial charge is 0.460 e. The molecule has 1 aliphatic carbocycles. The van der Waals surface area contributed by atoms with Crippen LogP contribution in [0.3, 0.4) is 0 Å². The average Bonchev–Trinajstić information content (AvgIpc) is 2.50. The Morgan fingerprint density at radius 2 is 1.41 bits per heavy atom. The fraction of sp³-hybridized carbons (Fsp3) is 1.00. The van der Waals surface area contributed by atoms with Crippen LogP contribution in [0.1, 0.15) is 44.9 Å². The van der Waals surface area contributed by atoms with Crippen molar-refractivity contribution in [3.8, 4) is 0 Å². The minimum atomic E-state index is -6.92. The van der Waals surface area contributed by atoms with Crippen molar-refractivity contribution in [1.29, 1.82) is 0 Å². The van der Waals surface area contributed by atoms with Crippen LogP contribution in [0.25, 0.3) is 0 Å². The molecule has 162 valence electrons. The zero-order valence-corrected chi connectivity index (χ0v) is 14.6. The van der Waals surface area contributed by atoms with E-state index in [0.717, 1.165) is 19.3 Å². The first-order valence-electron chi connectivity index (χ1n) is 7.83. The number of alkyl halides is 8. The summed E-state index contributed by atoms with van der Waals surface area (Å²) < 4.78 is 141. The molecule has 14 heteroatoms. The van der Waals surface area contributed by atoms with E-state index in [9.17, 15) is 43.5 Å². The summed E-state index contributed by atoms with van der Waals surface area (Å²) in [5, 5.41) is -6.57. The number of ether oxygens (including phenoxy) is 2. The van der Waals surface area contributed by atoms with E-state index in [1.165, 1.54) is 0 Å². The van der Waals surface area contributed by atoms with Crippen LogP contribution in [-0.4, -0.2) is 49.1 Å². The van der Waals surface area contributed by atoms with Crippen molar-refractivity contribution in [2.75, 3.05) is 6.61 Å². The van der Waals surface area contributed by atoms with E-state index in [2.05, 4.69) is 4.74 Å². The van der Waals surface area contributed by atoms with Gasteiger partial charge in [0.05, 0.1) is 6.10 Å². The highest BCUT2D eigenvalue weighted by molar-refractivity contribution is 7.86. The first kappa shape index (κ1) is 24.3. The zero-order chi connectivity index (χ0) is 21.1. The molecule has 0 unspecified atom stereocenters. The molecule has 0 heterocycles. The lowest BCUT2D eigenvalue weighted by atomic mass is 9.98. The first-order chi connectivity index (χ1) is 12.0. The highest BCUT2D eigenvalue weighted by Gasteiger charge is 2.73. The van der Waals surface area contributed by atoms with Gasteiger partial charge in [-0.15, -0.1) is 0 Å². The Morgan fingerprint density at radius 1 is 0.889 bits per heavy atom. The zero-order valence-electron chi connectivity index (χ0n) is 13.7. The normalized spacial score (nSPS) is 18.7. The third kappa shape index (κ3) is 5.87. The number of hydrogen-bond donors (Lipinski definition) is 1. The standard InChI is InChI=1S/C13H18F8O5S/c14-10(15,7-4-8-25-9-5-2-1-3-6-9)11(16,17)26-12(18,19)13(20,21)27(22,23)24/h9H,1-8H2,(H,22,23,24). The monoisotopic (exact) mass is 438 g/mol. The maximum absolute atomic E-state index is 13.5. The van der Waals surface area contributed by atoms with Crippen molar-refractivity contribution in [2.24, 2.45) is 0 Å². The van der Waals surface area contributed by atoms with Gasteiger partial charge in [-0.25, -0.2) is 4.74 Å². The van der Waals surface area contributed by atoms with Crippen LogP contribution < -0.4 is 0 Å². The molecule has 1 saturated carbocycles. The molecule has 0 saturated heterocycles. The van der Waals surface area contributed by atoms with Gasteiger partial charge < -0.3 is 4.74 Å². The molecule has 0 aromatic carbocycles. The smallest absolute Gasteiger partial charge is 0.378 e. The van der Waals surface area contributed by atoms with Gasteiger partial charge in [0.25, 0.3) is 0 Å². The van der Waals surface area contributed by atoms with Gasteiger partial charge in [0.15, 0.2) is 0 Å². The summed E-state index contributed by atoms with van der Waals surface area (Å²) in [6.45, 7) is -0.395. The van der Waals surface area contributed by atoms with Gasteiger partial charge in [-0.1, -0.05) is 19.3 Å². The second kappa shape index (κ2) is 8.33. The van der Waals surface area contributed by atoms with E-state index in [4.69, 9.17) is 9.29 Å². The van der Waals surface area contributed by atoms with E-state index < -0.39 is 53.0 Å². The lowest BCUT2D eigenvalue weighted by molar-refractivity contribution is -0.456. The number of hydrogen-bond acceptors (Lipinski definition) is 4. The lowest BCUT2D eigenvalue weighted by Crippen LogP contribution is -2.55. The minimum absolute atomic E-state index is 0.234. The van der Waals surface area contributed by atoms with Crippen LogP contribution in [0.5, 0.6) is 0 Å². The van der Waals surface area contributed by atoms with Crippen LogP contribution >= 0.6 is 0 Å². The quantitative estimate of drug-likeness (QED) is 0.310. The third-order valence-electron chi connectivity index (χ3n) is 3.89. The summed E-state index contributed by atoms with van der Waals surface area (Å²) in [4.78, 5) is 0. The first-order valence-corrected chi connectivity index (χ1v) is 9.27. The molecule has 0 aromatic heterocycles. The molecular weight excluding hydrogens is 420 g/mol. The van der Waals surface area contributed by atoms with Crippen molar-refractivity contribution in [2.45, 2.75) is 74.4 Å². The molecule has 0 aliphatic heterocycles. The highest BCUT2D eigenvalue weighted by Crippen LogP contribution is 2.47. The van der Waals surface area contributed by atoms with Crippen molar-refractivity contribution in [3.63, 3.8) is 0 Å². The Bertz CT molecular complexity index is 590. The van der Waals surface area contributed by atoms with Crippen molar-refractivity contribution < 1.29 is 57.6 Å². The van der Waals surface area contributed by atoms with E-state index in [-0.39, 0.29) is 6.10 Å². The molecule has 5 nitrogen and oxygen atoms in total. The molecule has 1 rings (SSSR count). The summed E-state index contributed by atoms with van der Waals surface area (Å²) in [5.41, 5.74) is 0. The molecule has 0 radical (unpaired) electrons. The Balaban J connectivity index is 2.67. The molecule has 0 aromatic rings. The van der Waals surface area contributed by atoms with E-state index in [1.54, 1.807) is 0 Å². The van der Waals surface area contributed by atoms with Crippen LogP contribution in [0.15, 0.2) is 0 Å². The minimum Gasteiger partial charge on any atom is -0.378 e. The summed E-state index contributed by atoms with van der Waals surface area (Å²) in [7, 11) is -6.92. The molecule has 0 atom stereocenters. The maximum atomic E-state index is 13.5. The van der Waals surface area contributed by atoms with Gasteiger partial charge in [0.2, 0.25) is 0 Å².